The third-order valence-corrected chi connectivity index (χ3v) is 17.6. The first-order valence-electron chi connectivity index (χ1n) is 27.9. The molecule has 18 heteroatoms. The fraction of sp³-hybridized carbons (Fsp3) is 0.426. The van der Waals surface area contributed by atoms with Gasteiger partial charge in [-0.05, 0) is 79.8 Å². The first-order valence-corrected chi connectivity index (χ1v) is 29.5. The van der Waals surface area contributed by atoms with E-state index in [4.69, 9.17) is 14.7 Å². The Bertz CT molecular complexity index is 3020. The molecule has 5 amide bonds. The molecule has 4 atom stereocenters. The summed E-state index contributed by atoms with van der Waals surface area (Å²) in [5, 5.41) is 11.3. The number of hydrogen-bond donors (Lipinski definition) is 3. The molecule has 4 aliphatic heterocycles. The second kappa shape index (κ2) is 25.5. The highest BCUT2D eigenvalue weighted by atomic mass is 32.1. The van der Waals surface area contributed by atoms with Crippen molar-refractivity contribution in [2.45, 2.75) is 89.1 Å². The molecule has 79 heavy (non-hydrogen) atoms. The minimum atomic E-state index is -0.835. The van der Waals surface area contributed by atoms with Crippen molar-refractivity contribution in [2.24, 2.45) is 0 Å². The van der Waals surface area contributed by atoms with Crippen LogP contribution < -0.4 is 16.0 Å². The fourth-order valence-electron chi connectivity index (χ4n) is 11.0. The second-order valence-electron chi connectivity index (χ2n) is 21.9. The average Bonchev–Trinajstić information content (AvgIpc) is 4.34. The molecule has 0 unspecified atom stereocenters. The average molecular weight is 1110 g/mol. The van der Waals surface area contributed by atoms with Crippen LogP contribution in [0, 0.1) is 0 Å². The highest BCUT2D eigenvalue weighted by molar-refractivity contribution is 7.15. The van der Waals surface area contributed by atoms with E-state index in [2.05, 4.69) is 74.3 Å². The quantitative estimate of drug-likeness (QED) is 0.0797. The van der Waals surface area contributed by atoms with Crippen molar-refractivity contribution in [3.05, 3.63) is 143 Å². The number of carbonyl (C=O) groups is 5. The Morgan fingerprint density at radius 3 is 1.42 bits per heavy atom. The number of nitrogens with one attached hydrogen (secondary N) is 3. The lowest BCUT2D eigenvalue weighted by molar-refractivity contribution is -0.137. The molecule has 4 aromatic carbocycles. The van der Waals surface area contributed by atoms with Gasteiger partial charge in [0, 0.05) is 104 Å². The Balaban J connectivity index is 0.744. The van der Waals surface area contributed by atoms with Crippen molar-refractivity contribution in [3.8, 4) is 32.0 Å². The lowest BCUT2D eigenvalue weighted by atomic mass is 10.0. The zero-order valence-corrected chi connectivity index (χ0v) is 47.1. The number of carbonyl (C=O) groups excluding carboxylic acids is 5. The van der Waals surface area contributed by atoms with Crippen LogP contribution in [0.3, 0.4) is 0 Å². The maximum Gasteiger partial charge on any atom is 0.410 e. The Morgan fingerprint density at radius 2 is 0.987 bits per heavy atom. The van der Waals surface area contributed by atoms with Crippen molar-refractivity contribution in [2.75, 3.05) is 78.5 Å². The highest BCUT2D eigenvalue weighted by Gasteiger charge is 2.39. The highest BCUT2D eigenvalue weighted by Crippen LogP contribution is 2.41. The Hall–Kier alpha value is -6.83. The minimum Gasteiger partial charge on any atom is -0.444 e. The summed E-state index contributed by atoms with van der Waals surface area (Å²) in [6.45, 7) is 13.9. The normalized spacial score (nSPS) is 19.0. The van der Waals surface area contributed by atoms with Gasteiger partial charge in [-0.25, -0.2) is 14.8 Å². The number of rotatable bonds is 17. The lowest BCUT2D eigenvalue weighted by Crippen LogP contribution is -2.50. The number of benzene rings is 4. The van der Waals surface area contributed by atoms with Gasteiger partial charge in [0.15, 0.2) is 0 Å². The van der Waals surface area contributed by atoms with Gasteiger partial charge in [0.25, 0.3) is 0 Å². The number of hydrogen-bond acceptors (Lipinski definition) is 13. The largest absolute Gasteiger partial charge is 0.444 e. The maximum absolute atomic E-state index is 14.5. The Kier molecular flexibility index (Phi) is 17.9. The van der Waals surface area contributed by atoms with Crippen LogP contribution in [0.25, 0.3) is 32.0 Å². The van der Waals surface area contributed by atoms with Crippen molar-refractivity contribution in [3.63, 3.8) is 0 Å². The number of amides is 5. The first kappa shape index (κ1) is 55.5. The molecule has 0 radical (unpaired) electrons. The fourth-order valence-corrected chi connectivity index (χ4v) is 13.1. The molecule has 6 aromatic rings. The van der Waals surface area contributed by atoms with E-state index >= 15 is 0 Å². The first-order chi connectivity index (χ1) is 38.3. The van der Waals surface area contributed by atoms with Crippen LogP contribution in [0.15, 0.2) is 122 Å². The molecule has 0 aliphatic carbocycles. The zero-order chi connectivity index (χ0) is 54.9. The van der Waals surface area contributed by atoms with E-state index in [1.807, 2.05) is 104 Å². The van der Waals surface area contributed by atoms with Crippen LogP contribution in [0.5, 0.6) is 0 Å². The Labute approximate surface area is 471 Å². The summed E-state index contributed by atoms with van der Waals surface area (Å²) >= 11 is 3.21. The molecule has 16 nitrogen and oxygen atoms in total. The van der Waals surface area contributed by atoms with Crippen LogP contribution in [0.1, 0.15) is 105 Å². The van der Waals surface area contributed by atoms with Gasteiger partial charge >= 0.3 is 6.09 Å². The summed E-state index contributed by atoms with van der Waals surface area (Å²) < 4.78 is 5.54. The number of aromatic nitrogens is 2. The van der Waals surface area contributed by atoms with Gasteiger partial charge in [-0.1, -0.05) is 109 Å². The lowest BCUT2D eigenvalue weighted by Gasteiger charge is -2.35. The topological polar surface area (TPSA) is 173 Å². The van der Waals surface area contributed by atoms with E-state index in [0.29, 0.717) is 58.8 Å². The van der Waals surface area contributed by atoms with Crippen molar-refractivity contribution in [1.29, 1.82) is 0 Å². The zero-order valence-electron chi connectivity index (χ0n) is 45.5. The van der Waals surface area contributed by atoms with Crippen LogP contribution in [0.2, 0.25) is 0 Å². The molecule has 0 bridgehead atoms. The molecule has 4 saturated heterocycles. The number of nitrogens with zero attached hydrogens (tertiary/aromatic N) is 7. The molecule has 2 aromatic heterocycles. The predicted molar refractivity (Wildman–Crippen MR) is 309 cm³/mol. The predicted octanol–water partition coefficient (Wildman–Crippen LogP) is 8.88. The molecule has 414 valence electrons. The maximum atomic E-state index is 14.5. The standard InChI is InChI=1S/C61H72N10O6S2/c1-61(2,3)77-60(76)69-38-36-68(37-39-69)33-27-53(73)66-55(47-14-8-5-9-15-47)59(75)71-31-11-17-49(71)57-64-41-51(79-57)45-24-20-43(21-25-45)42-18-22-44(23-19-42)50-40-63-56(78-50)48-16-10-30-70(48)58(74)54(46-12-6-4-7-13-46)65-52(72)26-32-67-34-28-62-29-35-67/h4-9,12-15,18-25,40-41,48-49,54-55,62H,10-11,16-17,26-39H2,1-3H3,(H,65,72)(H,66,73)/t48-,49-,54+,55+/m0/s1. The number of ether oxygens (including phenoxy) is 1. The summed E-state index contributed by atoms with van der Waals surface area (Å²) in [4.78, 5) is 90.2. The van der Waals surface area contributed by atoms with E-state index in [1.165, 1.54) is 0 Å². The monoisotopic (exact) mass is 1100 g/mol. The van der Waals surface area contributed by atoms with Crippen LogP contribution >= 0.6 is 22.7 Å². The van der Waals surface area contributed by atoms with Gasteiger partial charge in [-0.15, -0.1) is 22.7 Å². The summed E-state index contributed by atoms with van der Waals surface area (Å²) in [7, 11) is 0. The summed E-state index contributed by atoms with van der Waals surface area (Å²) in [6.07, 6.45) is 7.35. The van der Waals surface area contributed by atoms with Gasteiger partial charge in [-0.3, -0.25) is 24.1 Å². The second-order valence-corrected chi connectivity index (χ2v) is 24.0. The third kappa shape index (κ3) is 14.0. The number of likely N-dealkylation sites (tertiary alicyclic amines) is 2. The van der Waals surface area contributed by atoms with Gasteiger partial charge in [0.2, 0.25) is 23.6 Å². The van der Waals surface area contributed by atoms with Crippen LogP contribution in [-0.4, -0.2) is 148 Å². The molecular weight excluding hydrogens is 1030 g/mol. The smallest absolute Gasteiger partial charge is 0.410 e. The molecule has 0 spiro atoms. The van der Waals surface area contributed by atoms with Gasteiger partial charge in [-0.2, -0.15) is 0 Å². The van der Waals surface area contributed by atoms with Gasteiger partial charge in [0.1, 0.15) is 27.7 Å². The molecular formula is C61H72N10O6S2. The summed E-state index contributed by atoms with van der Waals surface area (Å²) in [5.74, 6) is -0.569. The van der Waals surface area contributed by atoms with Crippen molar-refractivity contribution < 1.29 is 28.7 Å². The van der Waals surface area contributed by atoms with Gasteiger partial charge in [0.05, 0.1) is 21.8 Å². The third-order valence-electron chi connectivity index (χ3n) is 15.3. The summed E-state index contributed by atoms with van der Waals surface area (Å²) in [6, 6.07) is 34.0. The van der Waals surface area contributed by atoms with E-state index in [-0.39, 0.29) is 48.2 Å². The minimum absolute atomic E-state index is 0.103. The molecule has 4 aliphatic rings. The SMILES string of the molecule is CC(C)(C)OC(=O)N1CCN(CCC(=O)N[C@@H](C(=O)N2CCC[C@H]2c2ncc(-c3ccc(-c4ccc(-c5cnc([C@@H]6CCCN6C(=O)[C@H](NC(=O)CCN6CCNCC6)c6ccccc6)s5)cc4)cc3)s2)c2ccccc2)CC1. The number of piperazine rings is 2. The van der Waals surface area contributed by atoms with E-state index in [0.717, 1.165) is 105 Å². The van der Waals surface area contributed by atoms with E-state index in [1.54, 1.807) is 27.6 Å². The van der Waals surface area contributed by atoms with E-state index in [9.17, 15) is 24.0 Å². The molecule has 0 saturated carbocycles. The van der Waals surface area contributed by atoms with Crippen LogP contribution in [0.4, 0.5) is 4.79 Å². The van der Waals surface area contributed by atoms with Crippen molar-refractivity contribution >= 4 is 52.4 Å². The number of thiazole rings is 2. The van der Waals surface area contributed by atoms with Crippen molar-refractivity contribution in [1.82, 2.24) is 50.4 Å². The summed E-state index contributed by atoms with van der Waals surface area (Å²) in [5.41, 5.74) is 5.21. The van der Waals surface area contributed by atoms with E-state index < -0.39 is 17.7 Å². The molecule has 4 fully saturated rings. The van der Waals surface area contributed by atoms with Crippen LogP contribution in [-0.2, 0) is 23.9 Å². The molecule has 10 rings (SSSR count). The van der Waals surface area contributed by atoms with Gasteiger partial charge < -0.3 is 40.3 Å². The Morgan fingerprint density at radius 1 is 0.570 bits per heavy atom. The molecule has 3 N–H and O–H groups in total. The molecule has 6 heterocycles.